The fourth-order valence-corrected chi connectivity index (χ4v) is 4.89. The molecule has 3 saturated heterocycles. The number of ether oxygens (including phenoxy) is 6. The molecule has 0 radical (unpaired) electrons. The maximum atomic E-state index is 11.4. The fraction of sp³-hybridized carbons (Fsp3) is 0.957. The molecular weight excluding hydrogens is 612 g/mol. The van der Waals surface area contributed by atoms with Gasteiger partial charge in [-0.3, -0.25) is 0 Å². The van der Waals surface area contributed by atoms with Gasteiger partial charge in [0.2, 0.25) is 0 Å². The second-order valence-electron chi connectivity index (χ2n) is 10.4. The van der Waals surface area contributed by atoms with E-state index in [4.69, 9.17) is 33.5 Å². The van der Waals surface area contributed by atoms with Crippen molar-refractivity contribution in [2.24, 2.45) is 0 Å². The lowest BCUT2D eigenvalue weighted by Gasteiger charge is -2.48. The van der Waals surface area contributed by atoms with Gasteiger partial charge in [-0.25, -0.2) is 4.79 Å². The molecule has 21 heteroatoms. The van der Waals surface area contributed by atoms with Gasteiger partial charge in [0.05, 0.1) is 26.4 Å². The van der Waals surface area contributed by atoms with Gasteiger partial charge >= 0.3 is 5.97 Å². The van der Waals surface area contributed by atoms with Crippen LogP contribution in [0.15, 0.2) is 0 Å². The Balaban J connectivity index is 1.82. The van der Waals surface area contributed by atoms with Crippen LogP contribution in [0, 0.1) is 0 Å². The predicted molar refractivity (Wildman–Crippen MR) is 131 cm³/mol. The number of aliphatic carboxylic acids is 1. The second-order valence-corrected chi connectivity index (χ2v) is 10.4. The maximum absolute atomic E-state index is 11.4. The lowest BCUT2D eigenvalue weighted by atomic mass is 9.96. The quantitative estimate of drug-likeness (QED) is 0.0877. The Bertz CT molecular complexity index is 898. The molecule has 3 fully saturated rings. The second kappa shape index (κ2) is 16.0. The number of hydrogen-bond donors (Lipinski definition) is 14. The number of rotatable bonds is 13. The molecular formula is C23H40O21. The van der Waals surface area contributed by atoms with Gasteiger partial charge in [-0.15, -0.1) is 0 Å². The van der Waals surface area contributed by atoms with Crippen LogP contribution >= 0.6 is 0 Å². The van der Waals surface area contributed by atoms with Gasteiger partial charge in [0.15, 0.2) is 25.0 Å². The van der Waals surface area contributed by atoms with Gasteiger partial charge < -0.3 is 99.9 Å². The summed E-state index contributed by atoms with van der Waals surface area (Å²) in [4.78, 5) is 11.4. The van der Waals surface area contributed by atoms with E-state index >= 15 is 0 Å². The van der Waals surface area contributed by atoms with Gasteiger partial charge in [-0.2, -0.15) is 0 Å². The fourth-order valence-electron chi connectivity index (χ4n) is 4.89. The molecule has 3 aliphatic rings. The highest BCUT2D eigenvalue weighted by Crippen LogP contribution is 2.33. The van der Waals surface area contributed by atoms with Crippen molar-refractivity contribution in [3.63, 3.8) is 0 Å². The zero-order valence-electron chi connectivity index (χ0n) is 22.8. The SMILES string of the molecule is O=C(O)[C@H]1O[C@@H](O[C@H]2[C@@H](O)[C@@H](CO)O[C@@H](O[C@H]3[C@@H](O)[C@@H](CO)O[C@@H](O[C@H](CO)[C@H](O)[C@@H](O)CO)[C@@H]3O)[C@@H]2O)[C@H](O)[C@@H](O)[C@@H]1O. The van der Waals surface area contributed by atoms with E-state index in [0.717, 1.165) is 0 Å². The molecule has 3 aliphatic heterocycles. The molecule has 3 rings (SSSR count). The van der Waals surface area contributed by atoms with Crippen molar-refractivity contribution in [2.45, 2.75) is 110 Å². The van der Waals surface area contributed by atoms with E-state index in [9.17, 15) is 71.2 Å². The molecule has 21 nitrogen and oxygen atoms in total. The lowest BCUT2D eigenvalue weighted by molar-refractivity contribution is -0.382. The van der Waals surface area contributed by atoms with Crippen molar-refractivity contribution < 1.29 is 105 Å². The minimum atomic E-state index is -2.13. The van der Waals surface area contributed by atoms with Gasteiger partial charge in [0.1, 0.15) is 85.5 Å². The van der Waals surface area contributed by atoms with Crippen molar-refractivity contribution in [3.05, 3.63) is 0 Å². The van der Waals surface area contributed by atoms with Gasteiger partial charge in [0.25, 0.3) is 0 Å². The minimum absolute atomic E-state index is 0.910. The van der Waals surface area contributed by atoms with E-state index in [1.54, 1.807) is 0 Å². The molecule has 18 atom stereocenters. The van der Waals surface area contributed by atoms with Crippen LogP contribution in [0.5, 0.6) is 0 Å². The first kappa shape index (κ1) is 37.2. The van der Waals surface area contributed by atoms with E-state index in [0.29, 0.717) is 0 Å². The summed E-state index contributed by atoms with van der Waals surface area (Å²) in [6.07, 6.45) is -34.7. The number of aliphatic hydroxyl groups excluding tert-OH is 13. The predicted octanol–water partition coefficient (Wildman–Crippen LogP) is -9.38. The molecule has 0 saturated carbocycles. The minimum Gasteiger partial charge on any atom is -0.479 e. The standard InChI is InChI=1S/C23H40O21/c24-1-5(28)9(29)6(2-25)39-22-15(35)17(10(30)7(3-26)40-22)43-23-16(36)18(11(31)8(4-27)41-23)42-21-14(34)12(32)13(33)19(44-21)20(37)38/h5-19,21-36H,1-4H2,(H,37,38)/t5-,6+,7+,8+,9+,10-,11-,12-,13-,14+,15+,16+,17-,18-,19-,21+,22+,23-/m0/s1. The first-order chi connectivity index (χ1) is 20.7. The number of carboxylic acid groups (broad SMARTS) is 1. The van der Waals surface area contributed by atoms with E-state index in [1.807, 2.05) is 0 Å². The van der Waals surface area contributed by atoms with E-state index in [1.165, 1.54) is 0 Å². The van der Waals surface area contributed by atoms with Gasteiger partial charge in [-0.1, -0.05) is 0 Å². The van der Waals surface area contributed by atoms with Crippen LogP contribution in [-0.2, 0) is 33.2 Å². The Morgan fingerprint density at radius 2 is 1.09 bits per heavy atom. The summed E-state index contributed by atoms with van der Waals surface area (Å²) in [7, 11) is 0. The number of hydrogen-bond acceptors (Lipinski definition) is 20. The molecule has 0 spiro atoms. The molecule has 0 aromatic heterocycles. The molecule has 44 heavy (non-hydrogen) atoms. The van der Waals surface area contributed by atoms with Crippen molar-refractivity contribution in [3.8, 4) is 0 Å². The molecule has 0 aromatic rings. The van der Waals surface area contributed by atoms with Crippen LogP contribution in [0.3, 0.4) is 0 Å². The summed E-state index contributed by atoms with van der Waals surface area (Å²) in [5.74, 6) is -1.75. The zero-order chi connectivity index (χ0) is 33.0. The van der Waals surface area contributed by atoms with Crippen LogP contribution in [-0.4, -0.2) is 214 Å². The molecule has 0 unspecified atom stereocenters. The van der Waals surface area contributed by atoms with E-state index in [2.05, 4.69) is 0 Å². The topological polar surface area (TPSA) is 356 Å². The summed E-state index contributed by atoms with van der Waals surface area (Å²) >= 11 is 0. The largest absolute Gasteiger partial charge is 0.479 e. The third kappa shape index (κ3) is 7.80. The molecule has 14 N–H and O–H groups in total. The Kier molecular flexibility index (Phi) is 13.5. The monoisotopic (exact) mass is 652 g/mol. The lowest BCUT2D eigenvalue weighted by Crippen LogP contribution is -2.67. The van der Waals surface area contributed by atoms with Gasteiger partial charge in [-0.05, 0) is 0 Å². The van der Waals surface area contributed by atoms with Crippen LogP contribution in [0.2, 0.25) is 0 Å². The Morgan fingerprint density at radius 1 is 0.614 bits per heavy atom. The van der Waals surface area contributed by atoms with Crippen LogP contribution in [0.25, 0.3) is 0 Å². The summed E-state index contributed by atoms with van der Waals surface area (Å²) in [5.41, 5.74) is 0. The smallest absolute Gasteiger partial charge is 0.335 e. The first-order valence-electron chi connectivity index (χ1n) is 13.4. The Hall–Kier alpha value is -1.29. The van der Waals surface area contributed by atoms with Crippen molar-refractivity contribution in [1.29, 1.82) is 0 Å². The third-order valence-electron chi connectivity index (χ3n) is 7.49. The molecule has 3 heterocycles. The van der Waals surface area contributed by atoms with Crippen molar-refractivity contribution in [1.82, 2.24) is 0 Å². The van der Waals surface area contributed by atoms with Gasteiger partial charge in [0, 0.05) is 0 Å². The van der Waals surface area contributed by atoms with Crippen LogP contribution in [0.4, 0.5) is 0 Å². The number of carbonyl (C=O) groups is 1. The first-order valence-corrected chi connectivity index (χ1v) is 13.4. The summed E-state index contributed by atoms with van der Waals surface area (Å²) in [6.45, 7) is -3.76. The van der Waals surface area contributed by atoms with Crippen molar-refractivity contribution >= 4 is 5.97 Å². The molecule has 0 bridgehead atoms. The highest BCUT2D eigenvalue weighted by molar-refractivity contribution is 5.73. The van der Waals surface area contributed by atoms with Crippen LogP contribution < -0.4 is 0 Å². The molecule has 0 amide bonds. The average Bonchev–Trinajstić information content (AvgIpc) is 3.00. The van der Waals surface area contributed by atoms with E-state index in [-0.39, 0.29) is 0 Å². The molecule has 258 valence electrons. The summed E-state index contributed by atoms with van der Waals surface area (Å²) in [5, 5.41) is 141. The highest BCUT2D eigenvalue weighted by atomic mass is 16.8. The number of aliphatic hydroxyl groups is 13. The zero-order valence-corrected chi connectivity index (χ0v) is 22.8. The van der Waals surface area contributed by atoms with E-state index < -0.39 is 143 Å². The van der Waals surface area contributed by atoms with Crippen LogP contribution in [0.1, 0.15) is 0 Å². The van der Waals surface area contributed by atoms with Crippen molar-refractivity contribution in [2.75, 3.05) is 26.4 Å². The maximum Gasteiger partial charge on any atom is 0.335 e. The normalized spacial score (nSPS) is 45.4. The summed E-state index contributed by atoms with van der Waals surface area (Å²) < 4.78 is 31.9. The molecule has 0 aliphatic carbocycles. The Morgan fingerprint density at radius 3 is 1.55 bits per heavy atom. The number of carboxylic acids is 1. The Labute approximate surface area is 248 Å². The highest BCUT2D eigenvalue weighted by Gasteiger charge is 2.55. The third-order valence-corrected chi connectivity index (χ3v) is 7.49. The average molecular weight is 653 g/mol. The summed E-state index contributed by atoms with van der Waals surface area (Å²) in [6, 6.07) is 0. The molecule has 0 aromatic carbocycles.